The van der Waals surface area contributed by atoms with Gasteiger partial charge in [0.05, 0.1) is 6.20 Å². The van der Waals surface area contributed by atoms with Gasteiger partial charge in [0, 0.05) is 11.4 Å². The standard InChI is InChI=1S/C8H12BrN3OS/c1-2-3-6(9)4-10-8(13)7-5-11-12-14-7/h5-6H,2-4H2,1H3,(H,10,13). The van der Waals surface area contributed by atoms with Gasteiger partial charge in [0.2, 0.25) is 0 Å². The number of hydrogen-bond acceptors (Lipinski definition) is 4. The van der Waals surface area contributed by atoms with Crippen LogP contribution in [0.3, 0.4) is 0 Å². The Balaban J connectivity index is 2.28. The molecule has 1 unspecified atom stereocenters. The number of nitrogens with zero attached hydrogens (tertiary/aromatic N) is 2. The second-order valence-electron chi connectivity index (χ2n) is 2.88. The first kappa shape index (κ1) is 11.6. The normalized spacial score (nSPS) is 12.4. The third kappa shape index (κ3) is 3.71. The highest BCUT2D eigenvalue weighted by Crippen LogP contribution is 2.07. The van der Waals surface area contributed by atoms with Crippen molar-refractivity contribution < 1.29 is 4.79 Å². The number of nitrogens with one attached hydrogen (secondary N) is 1. The molecule has 0 saturated carbocycles. The minimum absolute atomic E-state index is 0.0967. The monoisotopic (exact) mass is 277 g/mol. The molecule has 14 heavy (non-hydrogen) atoms. The Labute approximate surface area is 95.4 Å². The molecule has 78 valence electrons. The number of amides is 1. The smallest absolute Gasteiger partial charge is 0.264 e. The van der Waals surface area contributed by atoms with Crippen molar-refractivity contribution >= 4 is 33.4 Å². The van der Waals surface area contributed by atoms with Crippen LogP contribution in [-0.4, -0.2) is 26.9 Å². The fourth-order valence-corrected chi connectivity index (χ4v) is 2.02. The van der Waals surface area contributed by atoms with E-state index in [1.54, 1.807) is 0 Å². The van der Waals surface area contributed by atoms with Crippen molar-refractivity contribution in [2.45, 2.75) is 24.6 Å². The topological polar surface area (TPSA) is 54.9 Å². The van der Waals surface area contributed by atoms with Crippen LogP contribution in [0.25, 0.3) is 0 Å². The van der Waals surface area contributed by atoms with Crippen LogP contribution in [0.4, 0.5) is 0 Å². The van der Waals surface area contributed by atoms with E-state index in [0.29, 0.717) is 16.2 Å². The quantitative estimate of drug-likeness (QED) is 0.836. The van der Waals surface area contributed by atoms with Crippen LogP contribution >= 0.6 is 27.5 Å². The van der Waals surface area contributed by atoms with Crippen LogP contribution < -0.4 is 5.32 Å². The fraction of sp³-hybridized carbons (Fsp3) is 0.625. The van der Waals surface area contributed by atoms with E-state index in [4.69, 9.17) is 0 Å². The average Bonchev–Trinajstić information content (AvgIpc) is 2.67. The second kappa shape index (κ2) is 6.08. The van der Waals surface area contributed by atoms with E-state index in [1.807, 2.05) is 0 Å². The number of hydrogen-bond donors (Lipinski definition) is 1. The number of aromatic nitrogens is 2. The van der Waals surface area contributed by atoms with E-state index >= 15 is 0 Å². The number of halogens is 1. The Bertz CT molecular complexity index is 278. The molecule has 1 N–H and O–H groups in total. The van der Waals surface area contributed by atoms with Gasteiger partial charge in [-0.2, -0.15) is 0 Å². The van der Waals surface area contributed by atoms with Crippen LogP contribution in [-0.2, 0) is 0 Å². The minimum Gasteiger partial charge on any atom is -0.350 e. The summed E-state index contributed by atoms with van der Waals surface area (Å²) in [4.78, 5) is 12.3. The Morgan fingerprint density at radius 3 is 3.14 bits per heavy atom. The van der Waals surface area contributed by atoms with Gasteiger partial charge in [-0.05, 0) is 18.0 Å². The van der Waals surface area contributed by atoms with E-state index < -0.39 is 0 Å². The number of alkyl halides is 1. The lowest BCUT2D eigenvalue weighted by Gasteiger charge is -2.08. The van der Waals surface area contributed by atoms with Crippen molar-refractivity contribution in [3.8, 4) is 0 Å². The SMILES string of the molecule is CCCC(Br)CNC(=O)c1cnns1. The van der Waals surface area contributed by atoms with Gasteiger partial charge in [-0.25, -0.2) is 0 Å². The summed E-state index contributed by atoms with van der Waals surface area (Å²) in [6.45, 7) is 2.76. The molecule has 1 aromatic heterocycles. The lowest BCUT2D eigenvalue weighted by atomic mass is 10.2. The molecule has 0 aliphatic rings. The zero-order chi connectivity index (χ0) is 10.4. The summed E-state index contributed by atoms with van der Waals surface area (Å²) in [6, 6.07) is 0. The third-order valence-corrected chi connectivity index (χ3v) is 3.12. The number of carbonyl (C=O) groups is 1. The minimum atomic E-state index is -0.0967. The number of carbonyl (C=O) groups excluding carboxylic acids is 1. The van der Waals surface area contributed by atoms with Crippen molar-refractivity contribution in [1.29, 1.82) is 0 Å². The van der Waals surface area contributed by atoms with Gasteiger partial charge in [-0.15, -0.1) is 5.10 Å². The lowest BCUT2D eigenvalue weighted by Crippen LogP contribution is -2.28. The molecule has 0 aliphatic heterocycles. The van der Waals surface area contributed by atoms with Crippen molar-refractivity contribution in [3.63, 3.8) is 0 Å². The van der Waals surface area contributed by atoms with Gasteiger partial charge in [-0.3, -0.25) is 4.79 Å². The molecule has 0 aromatic carbocycles. The molecule has 1 amide bonds. The molecule has 0 fully saturated rings. The van der Waals surface area contributed by atoms with E-state index in [0.717, 1.165) is 24.4 Å². The maximum Gasteiger partial charge on any atom is 0.264 e. The van der Waals surface area contributed by atoms with Crippen molar-refractivity contribution in [2.24, 2.45) is 0 Å². The molecule has 0 bridgehead atoms. The van der Waals surface area contributed by atoms with Crippen LogP contribution in [0.15, 0.2) is 6.20 Å². The summed E-state index contributed by atoms with van der Waals surface area (Å²) >= 11 is 4.59. The predicted octanol–water partition coefficient (Wildman–Crippen LogP) is 1.83. The van der Waals surface area contributed by atoms with Crippen LogP contribution in [0.1, 0.15) is 29.4 Å². The zero-order valence-electron chi connectivity index (χ0n) is 7.86. The van der Waals surface area contributed by atoms with Crippen molar-refractivity contribution in [1.82, 2.24) is 14.9 Å². The van der Waals surface area contributed by atoms with Crippen LogP contribution in [0, 0.1) is 0 Å². The fourth-order valence-electron chi connectivity index (χ4n) is 0.973. The van der Waals surface area contributed by atoms with Gasteiger partial charge >= 0.3 is 0 Å². The number of rotatable bonds is 5. The van der Waals surface area contributed by atoms with Crippen LogP contribution in [0.2, 0.25) is 0 Å². The van der Waals surface area contributed by atoms with Gasteiger partial charge in [0.15, 0.2) is 0 Å². The van der Waals surface area contributed by atoms with E-state index in [9.17, 15) is 4.79 Å². The van der Waals surface area contributed by atoms with Gasteiger partial charge in [-0.1, -0.05) is 33.8 Å². The lowest BCUT2D eigenvalue weighted by molar-refractivity contribution is 0.0957. The van der Waals surface area contributed by atoms with E-state index in [1.165, 1.54) is 6.20 Å². The summed E-state index contributed by atoms with van der Waals surface area (Å²) in [7, 11) is 0. The second-order valence-corrected chi connectivity index (χ2v) is 4.96. The van der Waals surface area contributed by atoms with Crippen LogP contribution in [0.5, 0.6) is 0 Å². The third-order valence-electron chi connectivity index (χ3n) is 1.67. The Morgan fingerprint density at radius 2 is 2.57 bits per heavy atom. The van der Waals surface area contributed by atoms with Crippen molar-refractivity contribution in [2.75, 3.05) is 6.54 Å². The Hall–Kier alpha value is -0.490. The highest BCUT2D eigenvalue weighted by molar-refractivity contribution is 9.09. The molecule has 4 nitrogen and oxygen atoms in total. The zero-order valence-corrected chi connectivity index (χ0v) is 10.3. The molecule has 6 heteroatoms. The first-order valence-electron chi connectivity index (χ1n) is 4.43. The molecule has 0 radical (unpaired) electrons. The Kier molecular flexibility index (Phi) is 5.03. The molecule has 0 saturated heterocycles. The molecule has 0 spiro atoms. The first-order chi connectivity index (χ1) is 6.74. The summed E-state index contributed by atoms with van der Waals surface area (Å²) in [5, 5.41) is 6.42. The average molecular weight is 278 g/mol. The maximum atomic E-state index is 11.4. The molecule has 0 aliphatic carbocycles. The summed E-state index contributed by atoms with van der Waals surface area (Å²) in [5.41, 5.74) is 0. The molecule has 1 atom stereocenters. The summed E-state index contributed by atoms with van der Waals surface area (Å²) in [5.74, 6) is -0.0967. The Morgan fingerprint density at radius 1 is 1.79 bits per heavy atom. The van der Waals surface area contributed by atoms with Gasteiger partial charge < -0.3 is 5.32 Å². The predicted molar refractivity (Wildman–Crippen MR) is 59.9 cm³/mol. The van der Waals surface area contributed by atoms with E-state index in [2.05, 4.69) is 37.8 Å². The largest absolute Gasteiger partial charge is 0.350 e. The molecular formula is C8H12BrN3OS. The summed E-state index contributed by atoms with van der Waals surface area (Å²) < 4.78 is 3.63. The van der Waals surface area contributed by atoms with Gasteiger partial charge in [0.1, 0.15) is 4.88 Å². The molecular weight excluding hydrogens is 266 g/mol. The highest BCUT2D eigenvalue weighted by atomic mass is 79.9. The molecule has 1 aromatic rings. The van der Waals surface area contributed by atoms with E-state index in [-0.39, 0.29) is 5.91 Å². The molecule has 1 heterocycles. The highest BCUT2D eigenvalue weighted by Gasteiger charge is 2.09. The summed E-state index contributed by atoms with van der Waals surface area (Å²) in [6.07, 6.45) is 3.64. The van der Waals surface area contributed by atoms with Gasteiger partial charge in [0.25, 0.3) is 5.91 Å². The van der Waals surface area contributed by atoms with Crippen molar-refractivity contribution in [3.05, 3.63) is 11.1 Å². The first-order valence-corrected chi connectivity index (χ1v) is 6.12. The molecule has 1 rings (SSSR count). The maximum absolute atomic E-state index is 11.4.